The first-order valence-electron chi connectivity index (χ1n) is 5.26. The maximum Gasteiger partial charge on any atom is 0.255 e. The molecule has 19 heavy (non-hydrogen) atoms. The normalized spacial score (nSPS) is 10.2. The van der Waals surface area contributed by atoms with Gasteiger partial charge in [-0.2, -0.15) is 0 Å². The lowest BCUT2D eigenvalue weighted by molar-refractivity contribution is 0.102. The van der Waals surface area contributed by atoms with Gasteiger partial charge in [-0.3, -0.25) is 4.79 Å². The quantitative estimate of drug-likeness (QED) is 0.741. The summed E-state index contributed by atoms with van der Waals surface area (Å²) in [6.07, 6.45) is 0. The van der Waals surface area contributed by atoms with Gasteiger partial charge in [0.15, 0.2) is 11.5 Å². The average Bonchev–Trinajstić information content (AvgIpc) is 2.37. The van der Waals surface area contributed by atoms with Gasteiger partial charge in [0.1, 0.15) is 5.82 Å². The number of benzene rings is 2. The number of aromatic hydroxyl groups is 2. The molecule has 2 aromatic rings. The molecule has 0 aliphatic heterocycles. The summed E-state index contributed by atoms with van der Waals surface area (Å²) in [5.41, 5.74) is -0.0728. The number of hydrogen-bond acceptors (Lipinski definition) is 3. The molecular formula is C13H9ClFNO3. The van der Waals surface area contributed by atoms with E-state index in [-0.39, 0.29) is 22.0 Å². The van der Waals surface area contributed by atoms with Gasteiger partial charge < -0.3 is 15.5 Å². The molecule has 0 heterocycles. The van der Waals surface area contributed by atoms with Crippen molar-refractivity contribution in [3.8, 4) is 11.5 Å². The number of anilines is 1. The lowest BCUT2D eigenvalue weighted by atomic mass is 10.2. The van der Waals surface area contributed by atoms with Crippen molar-refractivity contribution >= 4 is 23.2 Å². The second-order valence-electron chi connectivity index (χ2n) is 3.75. The van der Waals surface area contributed by atoms with Gasteiger partial charge in [-0.25, -0.2) is 4.39 Å². The van der Waals surface area contributed by atoms with Crippen molar-refractivity contribution in [2.75, 3.05) is 5.32 Å². The smallest absolute Gasteiger partial charge is 0.255 e. The first-order chi connectivity index (χ1) is 8.99. The van der Waals surface area contributed by atoms with E-state index in [9.17, 15) is 14.3 Å². The van der Waals surface area contributed by atoms with E-state index in [1.54, 1.807) is 0 Å². The Morgan fingerprint density at radius 1 is 1.16 bits per heavy atom. The first-order valence-corrected chi connectivity index (χ1v) is 5.64. The Morgan fingerprint density at radius 2 is 1.89 bits per heavy atom. The Kier molecular flexibility index (Phi) is 3.57. The highest BCUT2D eigenvalue weighted by Gasteiger charge is 2.13. The molecule has 98 valence electrons. The zero-order valence-corrected chi connectivity index (χ0v) is 10.3. The van der Waals surface area contributed by atoms with Gasteiger partial charge in [0, 0.05) is 5.56 Å². The molecule has 2 rings (SSSR count). The van der Waals surface area contributed by atoms with Gasteiger partial charge >= 0.3 is 0 Å². The number of para-hydroxylation sites is 1. The molecule has 1 amide bonds. The van der Waals surface area contributed by atoms with Crippen LogP contribution in [-0.4, -0.2) is 16.1 Å². The van der Waals surface area contributed by atoms with E-state index in [4.69, 9.17) is 16.7 Å². The zero-order chi connectivity index (χ0) is 14.0. The largest absolute Gasteiger partial charge is 0.504 e. The summed E-state index contributed by atoms with van der Waals surface area (Å²) in [5.74, 6) is -2.10. The second kappa shape index (κ2) is 5.16. The Bertz CT molecular complexity index is 626. The van der Waals surface area contributed by atoms with Crippen LogP contribution in [0.2, 0.25) is 5.02 Å². The molecule has 4 nitrogen and oxygen atoms in total. The van der Waals surface area contributed by atoms with Crippen molar-refractivity contribution in [3.05, 3.63) is 52.8 Å². The second-order valence-corrected chi connectivity index (χ2v) is 4.16. The maximum atomic E-state index is 13.5. The third-order valence-electron chi connectivity index (χ3n) is 2.44. The van der Waals surface area contributed by atoms with Crippen LogP contribution in [0.4, 0.5) is 10.1 Å². The molecule has 0 unspecified atom stereocenters. The van der Waals surface area contributed by atoms with Crippen LogP contribution >= 0.6 is 11.6 Å². The molecule has 0 saturated carbocycles. The minimum atomic E-state index is -0.663. The molecular weight excluding hydrogens is 273 g/mol. The molecule has 0 atom stereocenters. The molecule has 0 radical (unpaired) electrons. The van der Waals surface area contributed by atoms with Crippen molar-refractivity contribution in [1.82, 2.24) is 0 Å². The third kappa shape index (κ3) is 2.77. The predicted octanol–water partition coefficient (Wildman–Crippen LogP) is 3.14. The van der Waals surface area contributed by atoms with E-state index in [2.05, 4.69) is 5.32 Å². The van der Waals surface area contributed by atoms with Crippen LogP contribution in [0.3, 0.4) is 0 Å². The number of carbonyl (C=O) groups is 1. The molecule has 0 saturated heterocycles. The molecule has 0 aromatic heterocycles. The topological polar surface area (TPSA) is 69.6 Å². The fourth-order valence-electron chi connectivity index (χ4n) is 1.47. The van der Waals surface area contributed by atoms with Crippen LogP contribution in [0.5, 0.6) is 11.5 Å². The van der Waals surface area contributed by atoms with E-state index in [0.717, 1.165) is 18.2 Å². The first kappa shape index (κ1) is 13.2. The highest BCUT2D eigenvalue weighted by molar-refractivity contribution is 6.34. The molecule has 0 aliphatic carbocycles. The molecule has 0 spiro atoms. The molecule has 0 fully saturated rings. The average molecular weight is 282 g/mol. The van der Waals surface area contributed by atoms with Gasteiger partial charge in [-0.05, 0) is 30.3 Å². The fourth-order valence-corrected chi connectivity index (χ4v) is 1.68. The number of carbonyl (C=O) groups excluding carboxylic acids is 1. The number of phenolic OH excluding ortho intramolecular Hbond substituents is 2. The molecule has 2 aromatic carbocycles. The zero-order valence-electron chi connectivity index (χ0n) is 9.52. The minimum absolute atomic E-state index is 0.0645. The van der Waals surface area contributed by atoms with Crippen LogP contribution in [0.25, 0.3) is 0 Å². The van der Waals surface area contributed by atoms with E-state index < -0.39 is 17.5 Å². The van der Waals surface area contributed by atoms with Crippen molar-refractivity contribution < 1.29 is 19.4 Å². The Labute approximate surface area is 113 Å². The molecule has 0 bridgehead atoms. The number of amides is 1. The molecule has 0 aliphatic rings. The molecule has 3 N–H and O–H groups in total. The summed E-state index contributed by atoms with van der Waals surface area (Å²) >= 11 is 5.77. The van der Waals surface area contributed by atoms with Crippen LogP contribution in [0, 0.1) is 5.82 Å². The maximum absolute atomic E-state index is 13.5. The lowest BCUT2D eigenvalue weighted by Crippen LogP contribution is -2.13. The Hall–Kier alpha value is -2.27. The minimum Gasteiger partial charge on any atom is -0.504 e. The van der Waals surface area contributed by atoms with Gasteiger partial charge in [0.25, 0.3) is 5.91 Å². The van der Waals surface area contributed by atoms with Crippen LogP contribution < -0.4 is 5.32 Å². The number of phenols is 2. The number of halogens is 2. The molecule has 6 heteroatoms. The Morgan fingerprint density at radius 3 is 2.53 bits per heavy atom. The van der Waals surface area contributed by atoms with Crippen molar-refractivity contribution in [3.63, 3.8) is 0 Å². The van der Waals surface area contributed by atoms with Gasteiger partial charge in [-0.15, -0.1) is 0 Å². The van der Waals surface area contributed by atoms with Crippen molar-refractivity contribution in [2.24, 2.45) is 0 Å². The van der Waals surface area contributed by atoms with E-state index in [1.165, 1.54) is 18.2 Å². The van der Waals surface area contributed by atoms with Gasteiger partial charge in [0.2, 0.25) is 0 Å². The standard InChI is InChI=1S/C13H9ClFNO3/c14-8-2-1-3-9(15)12(8)16-13(19)7-4-5-10(17)11(18)6-7/h1-6,17-18H,(H,16,19). The fraction of sp³-hybridized carbons (Fsp3) is 0. The summed E-state index contributed by atoms with van der Waals surface area (Å²) in [4.78, 5) is 11.9. The lowest BCUT2D eigenvalue weighted by Gasteiger charge is -2.08. The highest BCUT2D eigenvalue weighted by Crippen LogP contribution is 2.27. The SMILES string of the molecule is O=C(Nc1c(F)cccc1Cl)c1ccc(O)c(O)c1. The van der Waals surface area contributed by atoms with E-state index >= 15 is 0 Å². The number of hydrogen-bond donors (Lipinski definition) is 3. The van der Waals surface area contributed by atoms with Gasteiger partial charge in [-0.1, -0.05) is 17.7 Å². The summed E-state index contributed by atoms with van der Waals surface area (Å²) < 4.78 is 13.5. The highest BCUT2D eigenvalue weighted by atomic mass is 35.5. The van der Waals surface area contributed by atoms with Gasteiger partial charge in [0.05, 0.1) is 10.7 Å². The van der Waals surface area contributed by atoms with Crippen LogP contribution in [0.1, 0.15) is 10.4 Å². The monoisotopic (exact) mass is 281 g/mol. The van der Waals surface area contributed by atoms with Crippen molar-refractivity contribution in [1.29, 1.82) is 0 Å². The number of nitrogens with one attached hydrogen (secondary N) is 1. The summed E-state index contributed by atoms with van der Waals surface area (Å²) in [5, 5.41) is 20.8. The van der Waals surface area contributed by atoms with Crippen LogP contribution in [0.15, 0.2) is 36.4 Å². The predicted molar refractivity (Wildman–Crippen MR) is 69.1 cm³/mol. The van der Waals surface area contributed by atoms with Crippen LogP contribution in [-0.2, 0) is 0 Å². The Balaban J connectivity index is 2.28. The number of rotatable bonds is 2. The summed E-state index contributed by atoms with van der Waals surface area (Å²) in [7, 11) is 0. The third-order valence-corrected chi connectivity index (χ3v) is 2.75. The van der Waals surface area contributed by atoms with E-state index in [1.807, 2.05) is 0 Å². The van der Waals surface area contributed by atoms with Crippen molar-refractivity contribution in [2.45, 2.75) is 0 Å². The summed E-state index contributed by atoms with van der Waals surface area (Å²) in [6.45, 7) is 0. The van der Waals surface area contributed by atoms with E-state index in [0.29, 0.717) is 0 Å². The summed E-state index contributed by atoms with van der Waals surface area (Å²) in [6, 6.07) is 7.54.